The molecule has 6 heteroatoms. The number of carbonyl (C=O) groups excluding carboxylic acids is 1. The Labute approximate surface area is 153 Å². The first-order chi connectivity index (χ1) is 12.0. The Morgan fingerprint density at radius 2 is 2.04 bits per heavy atom. The Morgan fingerprint density at radius 3 is 2.65 bits per heavy atom. The van der Waals surface area contributed by atoms with Gasteiger partial charge in [0.15, 0.2) is 0 Å². The van der Waals surface area contributed by atoms with Gasteiger partial charge in [0.05, 0.1) is 19.1 Å². The molecule has 0 bridgehead atoms. The van der Waals surface area contributed by atoms with E-state index in [1.807, 2.05) is 0 Å². The average Bonchev–Trinajstić information content (AvgIpc) is 2.48. The molecular formula is C20H25F2NO3. The fraction of sp³-hybridized carbons (Fsp3) is 0.550. The van der Waals surface area contributed by atoms with Crippen LogP contribution >= 0.6 is 0 Å². The molecule has 0 unspecified atom stereocenters. The Hall–Kier alpha value is -2.29. The number of rotatable bonds is 2. The second kappa shape index (κ2) is 7.53. The molecule has 142 valence electrons. The maximum Gasteiger partial charge on any atom is 0.408 e. The fourth-order valence-electron chi connectivity index (χ4n) is 2.75. The second-order valence-electron chi connectivity index (χ2n) is 7.82. The summed E-state index contributed by atoms with van der Waals surface area (Å²) >= 11 is 0. The molecule has 0 spiro atoms. The van der Waals surface area contributed by atoms with E-state index in [4.69, 9.17) is 9.47 Å². The number of fused-ring (bicyclic) bond motifs is 1. The lowest BCUT2D eigenvalue weighted by Gasteiger charge is -2.36. The number of ether oxygens (including phenoxy) is 2. The first-order valence-corrected chi connectivity index (χ1v) is 8.54. The summed E-state index contributed by atoms with van der Waals surface area (Å²) in [6.07, 6.45) is -0.576. The predicted molar refractivity (Wildman–Crippen MR) is 95.3 cm³/mol. The van der Waals surface area contributed by atoms with Crippen LogP contribution in [0.3, 0.4) is 0 Å². The number of halogens is 2. The summed E-state index contributed by atoms with van der Waals surface area (Å²) in [7, 11) is 0. The summed E-state index contributed by atoms with van der Waals surface area (Å²) in [5, 5.41) is 2.53. The summed E-state index contributed by atoms with van der Waals surface area (Å²) in [5.74, 6) is 4.80. The Kier molecular flexibility index (Phi) is 5.80. The number of alkyl halides is 1. The van der Waals surface area contributed by atoms with Gasteiger partial charge < -0.3 is 14.8 Å². The van der Waals surface area contributed by atoms with Crippen LogP contribution in [-0.4, -0.2) is 30.5 Å². The first-order valence-electron chi connectivity index (χ1n) is 8.54. The standard InChI is InChI=1S/C20H25F2NO3/c1-19(2,3)26-18(24)23-10-6-7-14-15-11-13(21)8-9-17(15)25-12-16(14)20(4,5)22/h8-9,11,14,16H,10,12H2,1-5H3,(H,23,24)/t14-,16+/m1/s1. The van der Waals surface area contributed by atoms with E-state index in [-0.39, 0.29) is 13.2 Å². The van der Waals surface area contributed by atoms with Crippen LogP contribution in [-0.2, 0) is 4.74 Å². The first kappa shape index (κ1) is 20.0. The van der Waals surface area contributed by atoms with Crippen molar-refractivity contribution in [2.75, 3.05) is 13.2 Å². The van der Waals surface area contributed by atoms with E-state index in [1.165, 1.54) is 32.0 Å². The average molecular weight is 365 g/mol. The van der Waals surface area contributed by atoms with Crippen LogP contribution in [0.5, 0.6) is 5.75 Å². The topological polar surface area (TPSA) is 47.6 Å². The van der Waals surface area contributed by atoms with Crippen molar-refractivity contribution < 1.29 is 23.0 Å². The Bertz CT molecular complexity index is 723. The molecule has 1 aliphatic rings. The summed E-state index contributed by atoms with van der Waals surface area (Å²) in [6.45, 7) is 8.41. The minimum Gasteiger partial charge on any atom is -0.493 e. The van der Waals surface area contributed by atoms with Gasteiger partial charge in [-0.2, -0.15) is 0 Å². The maximum absolute atomic E-state index is 14.6. The van der Waals surface area contributed by atoms with Crippen LogP contribution in [0.2, 0.25) is 0 Å². The van der Waals surface area contributed by atoms with Crippen LogP contribution in [0.4, 0.5) is 13.6 Å². The molecule has 0 saturated carbocycles. The molecule has 26 heavy (non-hydrogen) atoms. The number of carbonyl (C=O) groups is 1. The largest absolute Gasteiger partial charge is 0.493 e. The number of hydrogen-bond donors (Lipinski definition) is 1. The minimum atomic E-state index is -1.55. The van der Waals surface area contributed by atoms with Crippen molar-refractivity contribution >= 4 is 6.09 Å². The van der Waals surface area contributed by atoms with Gasteiger partial charge in [0, 0.05) is 11.5 Å². The normalized spacial score (nSPS) is 19.5. The van der Waals surface area contributed by atoms with Crippen molar-refractivity contribution in [3.05, 3.63) is 29.6 Å². The molecule has 2 atom stereocenters. The van der Waals surface area contributed by atoms with E-state index in [9.17, 15) is 13.6 Å². The lowest BCUT2D eigenvalue weighted by atomic mass is 9.76. The highest BCUT2D eigenvalue weighted by Crippen LogP contribution is 2.42. The highest BCUT2D eigenvalue weighted by atomic mass is 19.1. The molecular weight excluding hydrogens is 340 g/mol. The van der Waals surface area contributed by atoms with Gasteiger partial charge in [-0.15, -0.1) is 0 Å². The van der Waals surface area contributed by atoms with Gasteiger partial charge in [-0.05, 0) is 52.8 Å². The maximum atomic E-state index is 14.6. The van der Waals surface area contributed by atoms with Gasteiger partial charge in [0.25, 0.3) is 0 Å². The van der Waals surface area contributed by atoms with Crippen molar-refractivity contribution in [2.24, 2.45) is 5.92 Å². The molecule has 0 saturated heterocycles. The summed E-state index contributed by atoms with van der Waals surface area (Å²) in [4.78, 5) is 11.6. The lowest BCUT2D eigenvalue weighted by Crippen LogP contribution is -2.38. The third-order valence-electron chi connectivity index (χ3n) is 3.99. The van der Waals surface area contributed by atoms with Gasteiger partial charge in [-0.1, -0.05) is 11.8 Å². The van der Waals surface area contributed by atoms with E-state index < -0.39 is 35.0 Å². The van der Waals surface area contributed by atoms with Gasteiger partial charge in [-0.25, -0.2) is 13.6 Å². The van der Waals surface area contributed by atoms with Crippen molar-refractivity contribution in [1.29, 1.82) is 0 Å². The zero-order chi connectivity index (χ0) is 19.5. The summed E-state index contributed by atoms with van der Waals surface area (Å²) in [5.41, 5.74) is -1.63. The monoisotopic (exact) mass is 365 g/mol. The summed E-state index contributed by atoms with van der Waals surface area (Å²) in [6, 6.07) is 4.15. The van der Waals surface area contributed by atoms with Crippen LogP contribution in [0, 0.1) is 23.6 Å². The van der Waals surface area contributed by atoms with Crippen molar-refractivity contribution in [1.82, 2.24) is 5.32 Å². The number of alkyl carbamates (subject to hydrolysis) is 1. The van der Waals surface area contributed by atoms with Gasteiger partial charge in [-0.3, -0.25) is 0 Å². The molecule has 1 aromatic rings. The van der Waals surface area contributed by atoms with Gasteiger partial charge in [0.1, 0.15) is 22.8 Å². The molecule has 1 heterocycles. The molecule has 2 rings (SSSR count). The molecule has 0 aliphatic carbocycles. The van der Waals surface area contributed by atoms with Crippen molar-refractivity contribution in [3.8, 4) is 17.6 Å². The zero-order valence-corrected chi connectivity index (χ0v) is 15.8. The molecule has 1 aliphatic heterocycles. The third kappa shape index (κ3) is 5.35. The molecule has 0 radical (unpaired) electrons. The molecule has 4 nitrogen and oxygen atoms in total. The molecule has 1 aromatic carbocycles. The predicted octanol–water partition coefficient (Wildman–Crippen LogP) is 4.19. The van der Waals surface area contributed by atoms with E-state index >= 15 is 0 Å². The number of amides is 1. The van der Waals surface area contributed by atoms with Crippen molar-refractivity contribution in [3.63, 3.8) is 0 Å². The molecule has 0 fully saturated rings. The molecule has 1 amide bonds. The smallest absolute Gasteiger partial charge is 0.408 e. The summed E-state index contributed by atoms with van der Waals surface area (Å²) < 4.78 is 39.0. The molecule has 0 aromatic heterocycles. The van der Waals surface area contributed by atoms with E-state index in [2.05, 4.69) is 17.2 Å². The van der Waals surface area contributed by atoms with Crippen molar-refractivity contribution in [2.45, 2.75) is 51.8 Å². The van der Waals surface area contributed by atoms with Crippen LogP contribution in [0.1, 0.15) is 46.1 Å². The highest BCUT2D eigenvalue weighted by Gasteiger charge is 2.40. The number of benzene rings is 1. The van der Waals surface area contributed by atoms with Crippen LogP contribution in [0.15, 0.2) is 18.2 Å². The quantitative estimate of drug-likeness (QED) is 0.800. The number of nitrogens with one attached hydrogen (secondary N) is 1. The van der Waals surface area contributed by atoms with E-state index in [1.54, 1.807) is 20.8 Å². The zero-order valence-electron chi connectivity index (χ0n) is 15.8. The third-order valence-corrected chi connectivity index (χ3v) is 3.99. The van der Waals surface area contributed by atoms with E-state index in [0.717, 1.165) is 0 Å². The number of hydrogen-bond acceptors (Lipinski definition) is 3. The van der Waals surface area contributed by atoms with Crippen LogP contribution < -0.4 is 10.1 Å². The minimum absolute atomic E-state index is 0.0519. The Balaban J connectivity index is 2.17. The SMILES string of the molecule is CC(C)(C)OC(=O)NCC#C[C@@H]1c2cc(F)ccc2OC[C@@H]1C(C)(C)F. The Morgan fingerprint density at radius 1 is 1.35 bits per heavy atom. The van der Waals surface area contributed by atoms with Crippen LogP contribution in [0.25, 0.3) is 0 Å². The van der Waals surface area contributed by atoms with E-state index in [0.29, 0.717) is 11.3 Å². The molecule has 1 N–H and O–H groups in total. The van der Waals surface area contributed by atoms with Gasteiger partial charge in [0.2, 0.25) is 0 Å². The lowest BCUT2D eigenvalue weighted by molar-refractivity contribution is 0.0533. The fourth-order valence-corrected chi connectivity index (χ4v) is 2.75. The highest BCUT2D eigenvalue weighted by molar-refractivity contribution is 5.68. The second-order valence-corrected chi connectivity index (χ2v) is 7.82. The van der Waals surface area contributed by atoms with Gasteiger partial charge >= 0.3 is 6.09 Å².